The minimum Gasteiger partial charge on any atom is -0.383 e. The zero-order valence-corrected chi connectivity index (χ0v) is 18.1. The van der Waals surface area contributed by atoms with Crippen LogP contribution in [0.15, 0.2) is 33.9 Å². The number of aromatic amines is 1. The van der Waals surface area contributed by atoms with Crippen LogP contribution in [0, 0.1) is 5.92 Å². The van der Waals surface area contributed by atoms with E-state index in [0.717, 1.165) is 37.7 Å². The van der Waals surface area contributed by atoms with Gasteiger partial charge in [0.1, 0.15) is 5.82 Å². The summed E-state index contributed by atoms with van der Waals surface area (Å²) in [7, 11) is 0. The van der Waals surface area contributed by atoms with Gasteiger partial charge in [0.2, 0.25) is 5.91 Å². The molecule has 0 saturated carbocycles. The Balaban J connectivity index is 2.09. The molecule has 1 aromatic heterocycles. The number of hydrogen-bond acceptors (Lipinski definition) is 4. The standard InChI is InChI=1S/C23H32N4O3/c1-4-5-13-26-20(24)19(21(28)25-23(26)30)27(14-15(2)3)22(29)18-12-8-10-16-9-6-7-11-17(16)18/h6-7,9,11,15,18H,4-5,8,10,12-14,24H2,1-3H3,(H,25,28,30). The summed E-state index contributed by atoms with van der Waals surface area (Å²) in [6.45, 7) is 6.76. The van der Waals surface area contributed by atoms with E-state index in [1.165, 1.54) is 15.0 Å². The Morgan fingerprint density at radius 2 is 2.03 bits per heavy atom. The van der Waals surface area contributed by atoms with E-state index in [4.69, 9.17) is 5.73 Å². The number of nitrogens with one attached hydrogen (secondary N) is 1. The van der Waals surface area contributed by atoms with Crippen molar-refractivity contribution in [2.75, 3.05) is 17.2 Å². The third-order valence-corrected chi connectivity index (χ3v) is 5.70. The van der Waals surface area contributed by atoms with Gasteiger partial charge in [-0.2, -0.15) is 0 Å². The van der Waals surface area contributed by atoms with Crippen LogP contribution in [0.25, 0.3) is 0 Å². The van der Waals surface area contributed by atoms with Gasteiger partial charge in [-0.15, -0.1) is 0 Å². The number of benzene rings is 1. The molecule has 0 radical (unpaired) electrons. The second-order valence-electron chi connectivity index (χ2n) is 8.48. The molecule has 1 amide bonds. The molecule has 2 aromatic rings. The van der Waals surface area contributed by atoms with Crippen LogP contribution >= 0.6 is 0 Å². The first kappa shape index (κ1) is 21.9. The molecule has 0 bridgehead atoms. The highest BCUT2D eigenvalue weighted by Crippen LogP contribution is 2.34. The monoisotopic (exact) mass is 412 g/mol. The summed E-state index contributed by atoms with van der Waals surface area (Å²) in [5, 5.41) is 0. The quantitative estimate of drug-likeness (QED) is 0.730. The van der Waals surface area contributed by atoms with E-state index < -0.39 is 11.2 Å². The summed E-state index contributed by atoms with van der Waals surface area (Å²) in [4.78, 5) is 42.7. The predicted octanol–water partition coefficient (Wildman–Crippen LogP) is 3.03. The first-order chi connectivity index (χ1) is 14.3. The lowest BCUT2D eigenvalue weighted by Crippen LogP contribution is -2.45. The van der Waals surface area contributed by atoms with Crippen LogP contribution in [0.1, 0.15) is 63.5 Å². The molecule has 0 saturated heterocycles. The molecule has 1 unspecified atom stereocenters. The number of unbranched alkanes of at least 4 members (excludes halogenated alkanes) is 1. The second-order valence-corrected chi connectivity index (χ2v) is 8.48. The van der Waals surface area contributed by atoms with E-state index in [-0.39, 0.29) is 29.2 Å². The minimum atomic E-state index is -0.608. The van der Waals surface area contributed by atoms with Crippen LogP contribution in [0.5, 0.6) is 0 Å². The summed E-state index contributed by atoms with van der Waals surface area (Å²) in [6.07, 6.45) is 4.24. The van der Waals surface area contributed by atoms with Crippen molar-refractivity contribution >= 4 is 17.4 Å². The second kappa shape index (κ2) is 9.32. The number of anilines is 2. The average Bonchev–Trinajstić information content (AvgIpc) is 2.71. The van der Waals surface area contributed by atoms with Crippen LogP contribution in [0.3, 0.4) is 0 Å². The molecule has 1 aromatic carbocycles. The Hall–Kier alpha value is -2.83. The molecule has 162 valence electrons. The molecule has 0 aliphatic heterocycles. The maximum absolute atomic E-state index is 13.7. The maximum Gasteiger partial charge on any atom is 0.330 e. The molecule has 7 heteroatoms. The van der Waals surface area contributed by atoms with E-state index in [2.05, 4.69) is 11.1 Å². The fraction of sp³-hybridized carbons (Fsp3) is 0.522. The SMILES string of the molecule is CCCCn1c(N)c(N(CC(C)C)C(=O)C2CCCc3ccccc32)c(=O)[nH]c1=O. The Morgan fingerprint density at radius 1 is 1.30 bits per heavy atom. The molecule has 3 rings (SSSR count). The fourth-order valence-corrected chi connectivity index (χ4v) is 4.23. The van der Waals surface area contributed by atoms with Crippen LogP contribution in [-0.4, -0.2) is 22.0 Å². The molecule has 3 N–H and O–H groups in total. The Labute approximate surface area is 176 Å². The van der Waals surface area contributed by atoms with Gasteiger partial charge in [0, 0.05) is 13.1 Å². The molecule has 1 aliphatic carbocycles. The molecule has 1 heterocycles. The number of fused-ring (bicyclic) bond motifs is 1. The van der Waals surface area contributed by atoms with Crippen molar-refractivity contribution in [2.45, 2.75) is 65.3 Å². The lowest BCUT2D eigenvalue weighted by Gasteiger charge is -2.32. The average molecular weight is 413 g/mol. The van der Waals surface area contributed by atoms with Gasteiger partial charge in [0.05, 0.1) is 5.92 Å². The minimum absolute atomic E-state index is 0.0651. The van der Waals surface area contributed by atoms with E-state index in [1.54, 1.807) is 0 Å². The largest absolute Gasteiger partial charge is 0.383 e. The zero-order valence-electron chi connectivity index (χ0n) is 18.1. The summed E-state index contributed by atoms with van der Waals surface area (Å²) in [5.74, 6) is -0.254. The third-order valence-electron chi connectivity index (χ3n) is 5.70. The number of aryl methyl sites for hydroxylation is 1. The van der Waals surface area contributed by atoms with Gasteiger partial charge in [-0.3, -0.25) is 19.1 Å². The highest BCUT2D eigenvalue weighted by atomic mass is 16.2. The lowest BCUT2D eigenvalue weighted by atomic mass is 9.82. The number of aromatic nitrogens is 2. The first-order valence-corrected chi connectivity index (χ1v) is 10.9. The summed E-state index contributed by atoms with van der Waals surface area (Å²) >= 11 is 0. The third kappa shape index (κ3) is 4.35. The van der Waals surface area contributed by atoms with Crippen molar-refractivity contribution in [3.8, 4) is 0 Å². The fourth-order valence-electron chi connectivity index (χ4n) is 4.23. The summed E-state index contributed by atoms with van der Waals surface area (Å²) < 4.78 is 1.37. The van der Waals surface area contributed by atoms with Crippen LogP contribution in [-0.2, 0) is 17.8 Å². The van der Waals surface area contributed by atoms with Gasteiger partial charge in [0.25, 0.3) is 5.56 Å². The molecule has 1 atom stereocenters. The number of nitrogens with two attached hydrogens (primary N) is 1. The van der Waals surface area contributed by atoms with Gasteiger partial charge in [0.15, 0.2) is 5.69 Å². The molecular weight excluding hydrogens is 380 g/mol. The number of nitrogen functional groups attached to an aromatic ring is 1. The van der Waals surface area contributed by atoms with Crippen molar-refractivity contribution in [1.82, 2.24) is 9.55 Å². The van der Waals surface area contributed by atoms with Crippen LogP contribution in [0.2, 0.25) is 0 Å². The predicted molar refractivity (Wildman–Crippen MR) is 120 cm³/mol. The topological polar surface area (TPSA) is 101 Å². The Bertz CT molecular complexity index is 1020. The first-order valence-electron chi connectivity index (χ1n) is 10.9. The smallest absolute Gasteiger partial charge is 0.330 e. The van der Waals surface area contributed by atoms with E-state index in [0.29, 0.717) is 13.1 Å². The number of rotatable bonds is 7. The number of carbonyl (C=O) groups excluding carboxylic acids is 1. The van der Waals surface area contributed by atoms with Gasteiger partial charge in [-0.05, 0) is 42.7 Å². The van der Waals surface area contributed by atoms with E-state index in [1.807, 2.05) is 39.0 Å². The molecular formula is C23H32N4O3. The van der Waals surface area contributed by atoms with Crippen LogP contribution < -0.4 is 21.9 Å². The Kier molecular flexibility index (Phi) is 6.80. The molecule has 1 aliphatic rings. The highest BCUT2D eigenvalue weighted by molar-refractivity contribution is 6.00. The van der Waals surface area contributed by atoms with Crippen molar-refractivity contribution in [2.24, 2.45) is 5.92 Å². The maximum atomic E-state index is 13.7. The van der Waals surface area contributed by atoms with Gasteiger partial charge in [-0.25, -0.2) is 4.79 Å². The summed E-state index contributed by atoms with van der Waals surface area (Å²) in [5.41, 5.74) is 7.47. The molecule has 0 fully saturated rings. The molecule has 7 nitrogen and oxygen atoms in total. The van der Waals surface area contributed by atoms with E-state index in [9.17, 15) is 14.4 Å². The summed E-state index contributed by atoms with van der Waals surface area (Å²) in [6, 6.07) is 8.00. The zero-order chi connectivity index (χ0) is 21.8. The van der Waals surface area contributed by atoms with Crippen molar-refractivity contribution < 1.29 is 4.79 Å². The van der Waals surface area contributed by atoms with Crippen molar-refractivity contribution in [3.05, 3.63) is 56.2 Å². The number of hydrogen-bond donors (Lipinski definition) is 2. The van der Waals surface area contributed by atoms with E-state index >= 15 is 0 Å². The normalized spacial score (nSPS) is 15.8. The van der Waals surface area contributed by atoms with Gasteiger partial charge >= 0.3 is 5.69 Å². The number of carbonyl (C=O) groups is 1. The lowest BCUT2D eigenvalue weighted by molar-refractivity contribution is -0.120. The van der Waals surface area contributed by atoms with Gasteiger partial charge < -0.3 is 10.6 Å². The highest BCUT2D eigenvalue weighted by Gasteiger charge is 2.33. The van der Waals surface area contributed by atoms with Gasteiger partial charge in [-0.1, -0.05) is 51.5 Å². The number of H-pyrrole nitrogens is 1. The molecule has 0 spiro atoms. The number of nitrogens with zero attached hydrogens (tertiary/aromatic N) is 2. The number of amides is 1. The molecule has 30 heavy (non-hydrogen) atoms. The van der Waals surface area contributed by atoms with Crippen molar-refractivity contribution in [1.29, 1.82) is 0 Å². The van der Waals surface area contributed by atoms with Crippen LogP contribution in [0.4, 0.5) is 11.5 Å². The Morgan fingerprint density at radius 3 is 2.73 bits per heavy atom. The van der Waals surface area contributed by atoms with Crippen molar-refractivity contribution in [3.63, 3.8) is 0 Å².